The zero-order valence-corrected chi connectivity index (χ0v) is 11.7. The highest BCUT2D eigenvalue weighted by Gasteiger charge is 2.54. The van der Waals surface area contributed by atoms with Gasteiger partial charge in [-0.2, -0.15) is 0 Å². The SMILES string of the molecule is CCC1CCC(CNC(=O)C2(C(N)=NO)CC2)CC1. The van der Waals surface area contributed by atoms with Gasteiger partial charge in [0.05, 0.1) is 0 Å². The van der Waals surface area contributed by atoms with Gasteiger partial charge in [0.25, 0.3) is 0 Å². The van der Waals surface area contributed by atoms with E-state index in [2.05, 4.69) is 17.4 Å². The van der Waals surface area contributed by atoms with Crippen LogP contribution in [0, 0.1) is 17.3 Å². The van der Waals surface area contributed by atoms with E-state index < -0.39 is 5.41 Å². The number of carbonyl (C=O) groups is 1. The summed E-state index contributed by atoms with van der Waals surface area (Å²) >= 11 is 0. The summed E-state index contributed by atoms with van der Waals surface area (Å²) in [5.41, 5.74) is 4.89. The van der Waals surface area contributed by atoms with Crippen LogP contribution in [0.3, 0.4) is 0 Å². The molecular formula is C14H25N3O2. The van der Waals surface area contributed by atoms with Crippen molar-refractivity contribution >= 4 is 11.7 Å². The molecule has 2 aliphatic rings. The molecule has 1 amide bonds. The lowest BCUT2D eigenvalue weighted by Gasteiger charge is -2.28. The van der Waals surface area contributed by atoms with Crippen molar-refractivity contribution in [3.63, 3.8) is 0 Å². The summed E-state index contributed by atoms with van der Waals surface area (Å²) in [5, 5.41) is 14.7. The van der Waals surface area contributed by atoms with E-state index in [1.54, 1.807) is 0 Å². The summed E-state index contributed by atoms with van der Waals surface area (Å²) < 4.78 is 0. The number of rotatable bonds is 5. The number of amidine groups is 1. The molecule has 2 fully saturated rings. The maximum atomic E-state index is 12.1. The number of amides is 1. The molecule has 2 saturated carbocycles. The fraction of sp³-hybridized carbons (Fsp3) is 0.857. The van der Waals surface area contributed by atoms with Crippen molar-refractivity contribution in [3.05, 3.63) is 0 Å². The standard InChI is InChI=1S/C14H25N3O2/c1-2-10-3-5-11(6-4-10)9-16-13(18)14(7-8-14)12(15)17-19/h10-11,19H,2-9H2,1H3,(H2,15,17)(H,16,18). The van der Waals surface area contributed by atoms with Gasteiger partial charge in [0.15, 0.2) is 5.84 Å². The van der Waals surface area contributed by atoms with E-state index in [0.717, 1.165) is 12.5 Å². The summed E-state index contributed by atoms with van der Waals surface area (Å²) in [6.07, 6.45) is 7.62. The Kier molecular flexibility index (Phi) is 4.32. The summed E-state index contributed by atoms with van der Waals surface area (Å²) in [7, 11) is 0. The predicted octanol–water partition coefficient (Wildman–Crippen LogP) is 1.85. The Morgan fingerprint density at radius 2 is 1.89 bits per heavy atom. The van der Waals surface area contributed by atoms with E-state index in [0.29, 0.717) is 18.8 Å². The van der Waals surface area contributed by atoms with Gasteiger partial charge in [-0.05, 0) is 37.5 Å². The minimum Gasteiger partial charge on any atom is -0.409 e. The molecule has 0 saturated heterocycles. The van der Waals surface area contributed by atoms with Crippen molar-refractivity contribution in [1.82, 2.24) is 5.32 Å². The Morgan fingerprint density at radius 3 is 2.37 bits per heavy atom. The maximum absolute atomic E-state index is 12.1. The molecule has 0 unspecified atom stereocenters. The predicted molar refractivity (Wildman–Crippen MR) is 73.8 cm³/mol. The molecule has 2 aliphatic carbocycles. The van der Waals surface area contributed by atoms with Crippen LogP contribution in [0.4, 0.5) is 0 Å². The molecule has 4 N–H and O–H groups in total. The van der Waals surface area contributed by atoms with Gasteiger partial charge >= 0.3 is 0 Å². The summed E-state index contributed by atoms with van der Waals surface area (Å²) in [6.45, 7) is 2.98. The van der Waals surface area contributed by atoms with E-state index in [4.69, 9.17) is 10.9 Å². The Morgan fingerprint density at radius 1 is 1.32 bits per heavy atom. The topological polar surface area (TPSA) is 87.7 Å². The smallest absolute Gasteiger partial charge is 0.233 e. The third-order valence-electron chi connectivity index (χ3n) is 4.88. The van der Waals surface area contributed by atoms with E-state index in [9.17, 15) is 4.79 Å². The molecule has 5 nitrogen and oxygen atoms in total. The summed E-state index contributed by atoms with van der Waals surface area (Å²) in [4.78, 5) is 12.1. The first-order valence-electron chi connectivity index (χ1n) is 7.38. The van der Waals surface area contributed by atoms with Crippen LogP contribution in [0.2, 0.25) is 0 Å². The normalized spacial score (nSPS) is 29.8. The highest BCUT2D eigenvalue weighted by atomic mass is 16.4. The molecular weight excluding hydrogens is 242 g/mol. The first-order valence-corrected chi connectivity index (χ1v) is 7.38. The molecule has 0 heterocycles. The van der Waals surface area contributed by atoms with E-state index in [1.165, 1.54) is 32.1 Å². The van der Waals surface area contributed by atoms with E-state index >= 15 is 0 Å². The molecule has 0 aromatic rings. The number of hydrogen-bond acceptors (Lipinski definition) is 3. The second-order valence-corrected chi connectivity index (χ2v) is 6.07. The van der Waals surface area contributed by atoms with Gasteiger partial charge in [-0.25, -0.2) is 0 Å². The van der Waals surface area contributed by atoms with Gasteiger partial charge < -0.3 is 16.3 Å². The number of nitrogens with one attached hydrogen (secondary N) is 1. The number of nitrogens with two attached hydrogens (primary N) is 1. The molecule has 0 bridgehead atoms. The minimum absolute atomic E-state index is 0.0553. The Hall–Kier alpha value is -1.26. The fourth-order valence-corrected chi connectivity index (χ4v) is 3.07. The molecule has 5 heteroatoms. The Labute approximate surface area is 114 Å². The van der Waals surface area contributed by atoms with Crippen LogP contribution in [-0.2, 0) is 4.79 Å². The zero-order valence-electron chi connectivity index (χ0n) is 11.7. The van der Waals surface area contributed by atoms with Crippen LogP contribution in [-0.4, -0.2) is 23.5 Å². The van der Waals surface area contributed by atoms with Crippen LogP contribution in [0.25, 0.3) is 0 Å². The first kappa shape index (κ1) is 14.2. The third-order valence-corrected chi connectivity index (χ3v) is 4.88. The third kappa shape index (κ3) is 3.01. The van der Waals surface area contributed by atoms with Gasteiger partial charge in [-0.1, -0.05) is 31.3 Å². The van der Waals surface area contributed by atoms with Gasteiger partial charge in [-0.3, -0.25) is 4.79 Å². The molecule has 108 valence electrons. The van der Waals surface area contributed by atoms with Crippen LogP contribution in [0.1, 0.15) is 51.9 Å². The number of hydrogen-bond donors (Lipinski definition) is 3. The minimum atomic E-state index is -0.713. The lowest BCUT2D eigenvalue weighted by atomic mass is 9.81. The summed E-state index contributed by atoms with van der Waals surface area (Å²) in [6, 6.07) is 0. The molecule has 0 atom stereocenters. The Bertz CT molecular complexity index is 356. The highest BCUT2D eigenvalue weighted by Crippen LogP contribution is 2.46. The number of carbonyl (C=O) groups excluding carboxylic acids is 1. The molecule has 0 radical (unpaired) electrons. The van der Waals surface area contributed by atoms with Gasteiger partial charge in [-0.15, -0.1) is 0 Å². The molecule has 0 aromatic carbocycles. The lowest BCUT2D eigenvalue weighted by Crippen LogP contribution is -2.42. The molecule has 19 heavy (non-hydrogen) atoms. The van der Waals surface area contributed by atoms with Crippen LogP contribution in [0.15, 0.2) is 5.16 Å². The highest BCUT2D eigenvalue weighted by molar-refractivity contribution is 6.09. The van der Waals surface area contributed by atoms with Crippen LogP contribution >= 0.6 is 0 Å². The van der Waals surface area contributed by atoms with Crippen molar-refractivity contribution in [2.75, 3.05) is 6.54 Å². The van der Waals surface area contributed by atoms with Gasteiger partial charge in [0.1, 0.15) is 5.41 Å². The fourth-order valence-electron chi connectivity index (χ4n) is 3.07. The van der Waals surface area contributed by atoms with Gasteiger partial charge in [0, 0.05) is 6.54 Å². The quantitative estimate of drug-likeness (QED) is 0.307. The monoisotopic (exact) mass is 267 g/mol. The first-order chi connectivity index (χ1) is 9.12. The van der Waals surface area contributed by atoms with Crippen molar-refractivity contribution in [2.24, 2.45) is 28.1 Å². The number of nitrogens with zero attached hydrogens (tertiary/aromatic N) is 1. The Balaban J connectivity index is 1.76. The zero-order chi connectivity index (χ0) is 13.9. The van der Waals surface area contributed by atoms with Crippen molar-refractivity contribution in [1.29, 1.82) is 0 Å². The average molecular weight is 267 g/mol. The molecule has 0 aliphatic heterocycles. The maximum Gasteiger partial charge on any atom is 0.233 e. The molecule has 0 spiro atoms. The van der Waals surface area contributed by atoms with Crippen molar-refractivity contribution in [3.8, 4) is 0 Å². The van der Waals surface area contributed by atoms with Crippen LogP contribution in [0.5, 0.6) is 0 Å². The number of oxime groups is 1. The lowest BCUT2D eigenvalue weighted by molar-refractivity contribution is -0.124. The van der Waals surface area contributed by atoms with E-state index in [-0.39, 0.29) is 11.7 Å². The van der Waals surface area contributed by atoms with Crippen LogP contribution < -0.4 is 11.1 Å². The molecule has 2 rings (SSSR count). The van der Waals surface area contributed by atoms with Crippen molar-refractivity contribution in [2.45, 2.75) is 51.9 Å². The second kappa shape index (κ2) is 5.80. The largest absolute Gasteiger partial charge is 0.409 e. The summed E-state index contributed by atoms with van der Waals surface area (Å²) in [5.74, 6) is 1.45. The van der Waals surface area contributed by atoms with Gasteiger partial charge in [0.2, 0.25) is 5.91 Å². The van der Waals surface area contributed by atoms with E-state index in [1.807, 2.05) is 0 Å². The average Bonchev–Trinajstić information content (AvgIpc) is 3.26. The second-order valence-electron chi connectivity index (χ2n) is 6.07. The van der Waals surface area contributed by atoms with Crippen molar-refractivity contribution < 1.29 is 10.0 Å². The molecule has 0 aromatic heterocycles.